The molecule has 1 aromatic heterocycles. The first-order valence-electron chi connectivity index (χ1n) is 5.94. The third-order valence-corrected chi connectivity index (χ3v) is 3.35. The molecule has 0 aromatic carbocycles. The van der Waals surface area contributed by atoms with Gasteiger partial charge in [0.15, 0.2) is 0 Å². The molecule has 0 N–H and O–H groups in total. The predicted octanol–water partition coefficient (Wildman–Crippen LogP) is 2.75. The molecule has 2 heterocycles. The van der Waals surface area contributed by atoms with Gasteiger partial charge in [0.25, 0.3) is 0 Å². The molecule has 0 aliphatic carbocycles. The quantitative estimate of drug-likeness (QED) is 0.763. The van der Waals surface area contributed by atoms with Crippen LogP contribution in [0.2, 0.25) is 0 Å². The second kappa shape index (κ2) is 4.79. The van der Waals surface area contributed by atoms with E-state index in [1.54, 1.807) is 0 Å². The lowest BCUT2D eigenvalue weighted by molar-refractivity contribution is 0.0651. The Bertz CT molecular complexity index is 302. The summed E-state index contributed by atoms with van der Waals surface area (Å²) >= 11 is 0. The zero-order valence-electron chi connectivity index (χ0n) is 9.65. The molecule has 0 radical (unpaired) electrons. The average molecular weight is 208 g/mol. The summed E-state index contributed by atoms with van der Waals surface area (Å²) in [6.45, 7) is 6.26. The molecule has 1 saturated heterocycles. The van der Waals surface area contributed by atoms with E-state index in [1.807, 2.05) is 6.20 Å². The van der Waals surface area contributed by atoms with Crippen molar-refractivity contribution in [1.82, 2.24) is 9.78 Å². The molecule has 1 unspecified atom stereocenters. The Morgan fingerprint density at radius 1 is 1.53 bits per heavy atom. The van der Waals surface area contributed by atoms with Crippen molar-refractivity contribution in [2.24, 2.45) is 0 Å². The van der Waals surface area contributed by atoms with E-state index < -0.39 is 0 Å². The van der Waals surface area contributed by atoms with Crippen molar-refractivity contribution in [1.29, 1.82) is 0 Å². The number of rotatable bonds is 3. The molecule has 1 aromatic rings. The monoisotopic (exact) mass is 208 g/mol. The fourth-order valence-electron chi connectivity index (χ4n) is 2.16. The van der Waals surface area contributed by atoms with Crippen molar-refractivity contribution < 1.29 is 4.74 Å². The molecule has 1 atom stereocenters. The topological polar surface area (TPSA) is 27.1 Å². The van der Waals surface area contributed by atoms with E-state index in [0.717, 1.165) is 26.1 Å². The van der Waals surface area contributed by atoms with Gasteiger partial charge in [-0.2, -0.15) is 5.10 Å². The van der Waals surface area contributed by atoms with Crippen molar-refractivity contribution in [2.45, 2.75) is 45.1 Å². The third kappa shape index (κ3) is 2.23. The molecule has 1 fully saturated rings. The number of nitrogens with zero attached hydrogens (tertiary/aromatic N) is 2. The molecular weight excluding hydrogens is 188 g/mol. The molecule has 1 aliphatic rings. The summed E-state index contributed by atoms with van der Waals surface area (Å²) in [5, 5.41) is 4.47. The minimum atomic E-state index is 0.553. The van der Waals surface area contributed by atoms with Gasteiger partial charge in [0.2, 0.25) is 0 Å². The predicted molar refractivity (Wildman–Crippen MR) is 60.0 cm³/mol. The van der Waals surface area contributed by atoms with Crippen LogP contribution in [0.3, 0.4) is 0 Å². The summed E-state index contributed by atoms with van der Waals surface area (Å²) in [5.74, 6) is 0.607. The second-order valence-corrected chi connectivity index (χ2v) is 4.35. The summed E-state index contributed by atoms with van der Waals surface area (Å²) < 4.78 is 7.60. The van der Waals surface area contributed by atoms with Crippen LogP contribution in [-0.4, -0.2) is 23.0 Å². The molecule has 0 spiro atoms. The van der Waals surface area contributed by atoms with Crippen molar-refractivity contribution >= 4 is 0 Å². The van der Waals surface area contributed by atoms with Gasteiger partial charge in [0.05, 0.1) is 6.04 Å². The summed E-state index contributed by atoms with van der Waals surface area (Å²) in [6.07, 6.45) is 5.31. The van der Waals surface area contributed by atoms with Crippen LogP contribution in [0.1, 0.15) is 50.8 Å². The normalized spacial score (nSPS) is 20.4. The summed E-state index contributed by atoms with van der Waals surface area (Å²) in [6, 6.07) is 2.71. The average Bonchev–Trinajstić information content (AvgIpc) is 2.78. The van der Waals surface area contributed by atoms with E-state index >= 15 is 0 Å². The van der Waals surface area contributed by atoms with Crippen LogP contribution in [0.25, 0.3) is 0 Å². The third-order valence-electron chi connectivity index (χ3n) is 3.35. The van der Waals surface area contributed by atoms with Crippen molar-refractivity contribution in [2.75, 3.05) is 13.2 Å². The van der Waals surface area contributed by atoms with E-state index in [9.17, 15) is 0 Å². The van der Waals surface area contributed by atoms with Crippen LogP contribution >= 0.6 is 0 Å². The number of ether oxygens (including phenoxy) is 1. The van der Waals surface area contributed by atoms with Crippen LogP contribution in [0.4, 0.5) is 0 Å². The Morgan fingerprint density at radius 2 is 2.27 bits per heavy atom. The van der Waals surface area contributed by atoms with Gasteiger partial charge in [-0.15, -0.1) is 0 Å². The van der Waals surface area contributed by atoms with Gasteiger partial charge in [-0.05, 0) is 31.2 Å². The summed E-state index contributed by atoms with van der Waals surface area (Å²) in [4.78, 5) is 0. The maximum absolute atomic E-state index is 5.38. The minimum absolute atomic E-state index is 0.553. The minimum Gasteiger partial charge on any atom is -0.381 e. The molecule has 0 amide bonds. The first-order valence-corrected chi connectivity index (χ1v) is 5.94. The van der Waals surface area contributed by atoms with E-state index in [1.165, 1.54) is 12.1 Å². The van der Waals surface area contributed by atoms with Crippen LogP contribution in [0, 0.1) is 0 Å². The lowest BCUT2D eigenvalue weighted by atomic mass is 10.0. The second-order valence-electron chi connectivity index (χ2n) is 4.35. The highest BCUT2D eigenvalue weighted by Crippen LogP contribution is 2.26. The van der Waals surface area contributed by atoms with E-state index in [0.29, 0.717) is 12.0 Å². The molecule has 1 aliphatic heterocycles. The molecule has 0 bridgehead atoms. The lowest BCUT2D eigenvalue weighted by Crippen LogP contribution is -2.22. The van der Waals surface area contributed by atoms with Gasteiger partial charge < -0.3 is 4.74 Å². The van der Waals surface area contributed by atoms with Crippen LogP contribution in [0.5, 0.6) is 0 Å². The smallest absolute Gasteiger partial charge is 0.0566 e. The number of hydrogen-bond acceptors (Lipinski definition) is 2. The molecule has 84 valence electrons. The van der Waals surface area contributed by atoms with Gasteiger partial charge >= 0.3 is 0 Å². The van der Waals surface area contributed by atoms with E-state index in [4.69, 9.17) is 4.74 Å². The van der Waals surface area contributed by atoms with Gasteiger partial charge in [-0.1, -0.05) is 13.8 Å². The highest BCUT2D eigenvalue weighted by molar-refractivity contribution is 5.07. The van der Waals surface area contributed by atoms with Crippen LogP contribution in [-0.2, 0) is 4.74 Å². The van der Waals surface area contributed by atoms with Crippen molar-refractivity contribution in [3.05, 3.63) is 18.0 Å². The fraction of sp³-hybridized carbons (Fsp3) is 0.750. The highest BCUT2D eigenvalue weighted by Gasteiger charge is 2.20. The van der Waals surface area contributed by atoms with Crippen molar-refractivity contribution in [3.63, 3.8) is 0 Å². The Labute approximate surface area is 91.4 Å². The molecule has 3 heteroatoms. The summed E-state index contributed by atoms with van der Waals surface area (Å²) in [7, 11) is 0. The molecule has 0 saturated carbocycles. The zero-order chi connectivity index (χ0) is 10.7. The highest BCUT2D eigenvalue weighted by atomic mass is 16.5. The van der Waals surface area contributed by atoms with Gasteiger partial charge in [-0.3, -0.25) is 4.68 Å². The Balaban J connectivity index is 2.15. The summed E-state index contributed by atoms with van der Waals surface area (Å²) in [5.41, 5.74) is 1.38. The number of aromatic nitrogens is 2. The first kappa shape index (κ1) is 10.7. The van der Waals surface area contributed by atoms with Crippen LogP contribution in [0.15, 0.2) is 12.3 Å². The van der Waals surface area contributed by atoms with Gasteiger partial charge in [-0.25, -0.2) is 0 Å². The van der Waals surface area contributed by atoms with Crippen LogP contribution < -0.4 is 0 Å². The fourth-order valence-corrected chi connectivity index (χ4v) is 2.16. The maximum atomic E-state index is 5.38. The Morgan fingerprint density at radius 3 is 2.93 bits per heavy atom. The Kier molecular flexibility index (Phi) is 3.41. The largest absolute Gasteiger partial charge is 0.381 e. The van der Waals surface area contributed by atoms with Gasteiger partial charge in [0, 0.05) is 25.1 Å². The van der Waals surface area contributed by atoms with Gasteiger partial charge in [0.1, 0.15) is 0 Å². The lowest BCUT2D eigenvalue weighted by Gasteiger charge is -2.25. The molecular formula is C12H20N2O. The molecule has 3 nitrogen and oxygen atoms in total. The SMILES string of the molecule is CCC(C)c1ccnn1C1CCOCC1. The standard InChI is InChI=1S/C12H20N2O/c1-3-10(2)12-4-7-13-14(12)11-5-8-15-9-6-11/h4,7,10-11H,3,5-6,8-9H2,1-2H3. The molecule has 2 rings (SSSR count). The van der Waals surface area contributed by atoms with E-state index in [-0.39, 0.29) is 0 Å². The van der Waals surface area contributed by atoms with E-state index in [2.05, 4.69) is 29.7 Å². The van der Waals surface area contributed by atoms with Crippen molar-refractivity contribution in [3.8, 4) is 0 Å². The molecule has 15 heavy (non-hydrogen) atoms. The number of hydrogen-bond donors (Lipinski definition) is 0. The Hall–Kier alpha value is -0.830. The zero-order valence-corrected chi connectivity index (χ0v) is 9.65. The maximum Gasteiger partial charge on any atom is 0.0566 e. The first-order chi connectivity index (χ1) is 7.33.